The van der Waals surface area contributed by atoms with E-state index in [1.54, 1.807) is 7.11 Å². The van der Waals surface area contributed by atoms with Gasteiger partial charge in [-0.3, -0.25) is 4.98 Å². The highest BCUT2D eigenvalue weighted by Crippen LogP contribution is 2.42. The Hall–Kier alpha value is -2.57. The third-order valence-electron chi connectivity index (χ3n) is 5.71. The van der Waals surface area contributed by atoms with Crippen molar-refractivity contribution in [2.24, 2.45) is 0 Å². The van der Waals surface area contributed by atoms with Gasteiger partial charge in [0, 0.05) is 29.2 Å². The summed E-state index contributed by atoms with van der Waals surface area (Å²) in [6.45, 7) is 7.17. The molecule has 1 aliphatic heterocycles. The fourth-order valence-electron chi connectivity index (χ4n) is 4.38. The van der Waals surface area contributed by atoms with Crippen molar-refractivity contribution in [2.45, 2.75) is 32.9 Å². The van der Waals surface area contributed by atoms with Crippen LogP contribution in [0.15, 0.2) is 48.7 Å². The van der Waals surface area contributed by atoms with Crippen molar-refractivity contribution in [3.05, 3.63) is 76.3 Å². The minimum absolute atomic E-state index is 0.0196. The molecule has 0 unspecified atom stereocenters. The number of ether oxygens (including phenoxy) is 1. The average Bonchev–Trinajstić information content (AvgIpc) is 3.23. The van der Waals surface area contributed by atoms with Crippen LogP contribution >= 0.6 is 23.8 Å². The van der Waals surface area contributed by atoms with Crippen LogP contribution in [0.3, 0.4) is 0 Å². The van der Waals surface area contributed by atoms with Crippen molar-refractivity contribution >= 4 is 28.9 Å². The number of hydrogen-bond donors (Lipinski definition) is 1. The number of aryl methyl sites for hydroxylation is 1. The predicted octanol–water partition coefficient (Wildman–Crippen LogP) is 5.14. The summed E-state index contributed by atoms with van der Waals surface area (Å²) < 4.78 is 7.82. The molecular formula is C23H25ClN4OS. The van der Waals surface area contributed by atoms with Gasteiger partial charge >= 0.3 is 0 Å². The lowest BCUT2D eigenvalue weighted by Gasteiger charge is -2.27. The lowest BCUT2D eigenvalue weighted by atomic mass is 9.97. The summed E-state index contributed by atoms with van der Waals surface area (Å²) in [6, 6.07) is 13.9. The van der Waals surface area contributed by atoms with Gasteiger partial charge in [0.25, 0.3) is 0 Å². The van der Waals surface area contributed by atoms with E-state index in [0.717, 1.165) is 40.2 Å². The second-order valence-electron chi connectivity index (χ2n) is 7.39. The van der Waals surface area contributed by atoms with E-state index in [9.17, 15) is 0 Å². The Morgan fingerprint density at radius 1 is 1.20 bits per heavy atom. The lowest BCUT2D eigenvalue weighted by Crippen LogP contribution is -2.29. The summed E-state index contributed by atoms with van der Waals surface area (Å²) in [6.07, 6.45) is 1.83. The molecule has 0 aliphatic carbocycles. The van der Waals surface area contributed by atoms with Gasteiger partial charge in [-0.15, -0.1) is 0 Å². The molecule has 0 bridgehead atoms. The van der Waals surface area contributed by atoms with Crippen molar-refractivity contribution in [1.82, 2.24) is 19.8 Å². The first-order valence-corrected chi connectivity index (χ1v) is 10.8. The number of methoxy groups -OCH3 is 1. The normalized spacial score (nSPS) is 18.6. The molecule has 0 spiro atoms. The van der Waals surface area contributed by atoms with Crippen LogP contribution in [0.25, 0.3) is 5.69 Å². The lowest BCUT2D eigenvalue weighted by molar-refractivity contribution is 0.329. The average molecular weight is 441 g/mol. The van der Waals surface area contributed by atoms with E-state index in [0.29, 0.717) is 5.02 Å². The third kappa shape index (κ3) is 3.44. The van der Waals surface area contributed by atoms with Crippen LogP contribution in [0, 0.1) is 13.8 Å². The Morgan fingerprint density at radius 2 is 2.00 bits per heavy atom. The summed E-state index contributed by atoms with van der Waals surface area (Å²) >= 11 is 12.0. The highest BCUT2D eigenvalue weighted by molar-refractivity contribution is 7.80. The van der Waals surface area contributed by atoms with Crippen molar-refractivity contribution in [2.75, 3.05) is 13.7 Å². The van der Waals surface area contributed by atoms with Gasteiger partial charge < -0.3 is 19.5 Å². The number of thiocarbonyl (C=S) groups is 1. The maximum Gasteiger partial charge on any atom is 0.170 e. The van der Waals surface area contributed by atoms with Gasteiger partial charge in [0.05, 0.1) is 30.6 Å². The first-order valence-electron chi connectivity index (χ1n) is 9.97. The molecule has 0 amide bonds. The molecule has 0 saturated carbocycles. The van der Waals surface area contributed by atoms with Gasteiger partial charge in [-0.25, -0.2) is 0 Å². The molecule has 156 valence electrons. The molecule has 3 aromatic rings. The SMILES string of the molecule is CCN1C(=S)N[C@H](c2ccccn2)[C@H]1c1cc(C)n(-c2cc(Cl)ccc2OC)c1C. The van der Waals surface area contributed by atoms with Gasteiger partial charge in [-0.1, -0.05) is 17.7 Å². The molecule has 0 radical (unpaired) electrons. The Morgan fingerprint density at radius 3 is 2.67 bits per heavy atom. The standard InChI is InChI=1S/C23H25ClN4OS/c1-5-27-22(21(26-23(27)30)18-8-6-7-11-25-18)17-12-14(2)28(15(17)3)19-13-16(24)9-10-20(19)29-4/h6-13,21-22H,5H2,1-4H3,(H,26,30)/t21-,22-/m1/s1. The number of nitrogens with zero attached hydrogens (tertiary/aromatic N) is 3. The first-order chi connectivity index (χ1) is 14.5. The molecule has 2 atom stereocenters. The highest BCUT2D eigenvalue weighted by Gasteiger charge is 2.40. The number of likely N-dealkylation sites (N-methyl/N-ethyl adjacent to an activating group) is 1. The Balaban J connectivity index is 1.87. The number of rotatable bonds is 5. The second kappa shape index (κ2) is 8.28. The molecule has 1 fully saturated rings. The van der Waals surface area contributed by atoms with Gasteiger partial charge in [-0.05, 0) is 75.0 Å². The number of halogens is 1. The summed E-state index contributed by atoms with van der Waals surface area (Å²) in [7, 11) is 1.68. The van der Waals surface area contributed by atoms with E-state index in [1.807, 2.05) is 42.6 Å². The Bertz CT molecular complexity index is 1080. The van der Waals surface area contributed by atoms with Gasteiger partial charge in [0.2, 0.25) is 0 Å². The molecule has 4 rings (SSSR count). The molecule has 1 aromatic carbocycles. The van der Waals surface area contributed by atoms with Gasteiger partial charge in [0.15, 0.2) is 5.11 Å². The zero-order valence-electron chi connectivity index (χ0n) is 17.5. The minimum atomic E-state index is -0.0196. The molecule has 7 heteroatoms. The topological polar surface area (TPSA) is 42.3 Å². The van der Waals surface area contributed by atoms with Crippen molar-refractivity contribution in [3.63, 3.8) is 0 Å². The molecule has 5 nitrogen and oxygen atoms in total. The van der Waals surface area contributed by atoms with E-state index in [-0.39, 0.29) is 12.1 Å². The molecule has 3 heterocycles. The fraction of sp³-hybridized carbons (Fsp3) is 0.304. The Kier molecular flexibility index (Phi) is 5.71. The van der Waals surface area contributed by atoms with Gasteiger partial charge in [0.1, 0.15) is 5.75 Å². The molecular weight excluding hydrogens is 416 g/mol. The van der Waals surface area contributed by atoms with Crippen molar-refractivity contribution < 1.29 is 4.74 Å². The molecule has 2 aromatic heterocycles. The summed E-state index contributed by atoms with van der Waals surface area (Å²) in [5.41, 5.74) is 5.35. The zero-order valence-corrected chi connectivity index (χ0v) is 19.1. The van der Waals surface area contributed by atoms with Gasteiger partial charge in [-0.2, -0.15) is 0 Å². The number of pyridine rings is 1. The minimum Gasteiger partial charge on any atom is -0.495 e. The smallest absolute Gasteiger partial charge is 0.170 e. The monoisotopic (exact) mass is 440 g/mol. The molecule has 1 aliphatic rings. The highest BCUT2D eigenvalue weighted by atomic mass is 35.5. The van der Waals surface area contributed by atoms with Crippen molar-refractivity contribution in [3.8, 4) is 11.4 Å². The van der Waals surface area contributed by atoms with E-state index in [2.05, 4.69) is 46.6 Å². The maximum atomic E-state index is 6.32. The summed E-state index contributed by atoms with van der Waals surface area (Å²) in [4.78, 5) is 6.83. The first kappa shape index (κ1) is 20.7. The summed E-state index contributed by atoms with van der Waals surface area (Å²) in [5.74, 6) is 0.779. The quantitative estimate of drug-likeness (QED) is 0.556. The fourth-order valence-corrected chi connectivity index (χ4v) is 4.92. The molecule has 30 heavy (non-hydrogen) atoms. The van der Waals surface area contributed by atoms with E-state index >= 15 is 0 Å². The number of aromatic nitrogens is 2. The second-order valence-corrected chi connectivity index (χ2v) is 8.21. The number of hydrogen-bond acceptors (Lipinski definition) is 3. The Labute approximate surface area is 187 Å². The van der Waals surface area contributed by atoms with Crippen LogP contribution in [0.5, 0.6) is 5.75 Å². The number of benzene rings is 1. The summed E-state index contributed by atoms with van der Waals surface area (Å²) in [5, 5.41) is 4.91. The third-order valence-corrected chi connectivity index (χ3v) is 6.30. The van der Waals surface area contributed by atoms with Crippen LogP contribution < -0.4 is 10.1 Å². The van der Waals surface area contributed by atoms with E-state index in [1.165, 1.54) is 5.56 Å². The predicted molar refractivity (Wildman–Crippen MR) is 125 cm³/mol. The van der Waals surface area contributed by atoms with Crippen LogP contribution in [-0.2, 0) is 0 Å². The van der Waals surface area contributed by atoms with Crippen LogP contribution in [0.4, 0.5) is 0 Å². The number of nitrogens with one attached hydrogen (secondary N) is 1. The molecule has 1 N–H and O–H groups in total. The largest absolute Gasteiger partial charge is 0.495 e. The maximum absolute atomic E-state index is 6.32. The van der Waals surface area contributed by atoms with E-state index < -0.39 is 0 Å². The molecule has 1 saturated heterocycles. The van der Waals surface area contributed by atoms with Crippen LogP contribution in [-0.4, -0.2) is 33.2 Å². The van der Waals surface area contributed by atoms with Crippen LogP contribution in [0.1, 0.15) is 41.7 Å². The van der Waals surface area contributed by atoms with Crippen molar-refractivity contribution in [1.29, 1.82) is 0 Å². The zero-order chi connectivity index (χ0) is 21.4. The van der Waals surface area contributed by atoms with E-state index in [4.69, 9.17) is 28.6 Å². The van der Waals surface area contributed by atoms with Crippen LogP contribution in [0.2, 0.25) is 5.02 Å².